The molecule has 1 aliphatic rings. The van der Waals surface area contributed by atoms with Crippen molar-refractivity contribution in [3.8, 4) is 0 Å². The van der Waals surface area contributed by atoms with Crippen molar-refractivity contribution in [3.63, 3.8) is 0 Å². The number of nitro benzene ring substituents is 1. The van der Waals surface area contributed by atoms with E-state index >= 15 is 0 Å². The molecule has 0 saturated carbocycles. The lowest BCUT2D eigenvalue weighted by Crippen LogP contribution is -2.34. The van der Waals surface area contributed by atoms with Crippen LogP contribution in [0.15, 0.2) is 54.6 Å². The number of benzene rings is 2. The smallest absolute Gasteiger partial charge is 0.311 e. The van der Waals surface area contributed by atoms with E-state index in [9.17, 15) is 14.9 Å². The van der Waals surface area contributed by atoms with Crippen molar-refractivity contribution < 1.29 is 9.72 Å². The standard InChI is InChI=1S/C14H12N4O3/c19-14-15-13(10-5-2-1-3-6-10)17(16-14)11-7-4-8-12(9-11)18(20)21/h1-9,13H,(H2,15,16,19)/t13-/m1/s1. The first-order chi connectivity index (χ1) is 10.1. The van der Waals surface area contributed by atoms with Crippen LogP contribution in [0.5, 0.6) is 0 Å². The lowest BCUT2D eigenvalue weighted by molar-refractivity contribution is -0.384. The maximum Gasteiger partial charge on any atom is 0.335 e. The highest BCUT2D eigenvalue weighted by molar-refractivity contribution is 5.81. The van der Waals surface area contributed by atoms with E-state index in [1.165, 1.54) is 12.1 Å². The second-order valence-corrected chi connectivity index (χ2v) is 4.55. The molecule has 21 heavy (non-hydrogen) atoms. The van der Waals surface area contributed by atoms with Gasteiger partial charge in [0.05, 0.1) is 10.6 Å². The number of hydrogen-bond acceptors (Lipinski definition) is 4. The van der Waals surface area contributed by atoms with Crippen LogP contribution in [-0.2, 0) is 0 Å². The Morgan fingerprint density at radius 1 is 1.10 bits per heavy atom. The molecular formula is C14H12N4O3. The number of rotatable bonds is 3. The molecule has 2 aromatic rings. The fraction of sp³-hybridized carbons (Fsp3) is 0.0714. The number of urea groups is 1. The average Bonchev–Trinajstić information content (AvgIpc) is 2.90. The number of nitro groups is 1. The highest BCUT2D eigenvalue weighted by Gasteiger charge is 2.31. The van der Waals surface area contributed by atoms with Gasteiger partial charge in [-0.2, -0.15) is 0 Å². The molecule has 2 amide bonds. The monoisotopic (exact) mass is 284 g/mol. The number of carbonyl (C=O) groups is 1. The first-order valence-electron chi connectivity index (χ1n) is 6.31. The highest BCUT2D eigenvalue weighted by Crippen LogP contribution is 2.28. The second-order valence-electron chi connectivity index (χ2n) is 4.55. The normalized spacial score (nSPS) is 17.2. The molecule has 0 spiro atoms. The zero-order chi connectivity index (χ0) is 14.8. The minimum atomic E-state index is -0.466. The van der Waals surface area contributed by atoms with E-state index in [1.54, 1.807) is 17.1 Å². The van der Waals surface area contributed by atoms with Gasteiger partial charge in [0.25, 0.3) is 5.69 Å². The summed E-state index contributed by atoms with van der Waals surface area (Å²) in [6.07, 6.45) is -0.416. The first-order valence-corrected chi connectivity index (χ1v) is 6.31. The van der Waals surface area contributed by atoms with E-state index in [0.29, 0.717) is 5.69 Å². The summed E-state index contributed by atoms with van der Waals surface area (Å²) >= 11 is 0. The first kappa shape index (κ1) is 12.9. The van der Waals surface area contributed by atoms with Crippen molar-refractivity contribution in [1.29, 1.82) is 0 Å². The molecule has 1 aliphatic heterocycles. The van der Waals surface area contributed by atoms with E-state index in [0.717, 1.165) is 5.56 Å². The van der Waals surface area contributed by atoms with Gasteiger partial charge in [-0.1, -0.05) is 36.4 Å². The van der Waals surface area contributed by atoms with E-state index in [4.69, 9.17) is 0 Å². The van der Waals surface area contributed by atoms with E-state index in [-0.39, 0.29) is 11.7 Å². The number of carbonyl (C=O) groups excluding carboxylic acids is 1. The minimum Gasteiger partial charge on any atom is -0.311 e. The summed E-state index contributed by atoms with van der Waals surface area (Å²) in [7, 11) is 0. The number of nitrogens with zero attached hydrogens (tertiary/aromatic N) is 2. The number of non-ortho nitro benzene ring substituents is 1. The molecule has 7 nitrogen and oxygen atoms in total. The summed E-state index contributed by atoms with van der Waals surface area (Å²) in [5, 5.41) is 15.2. The van der Waals surface area contributed by atoms with Gasteiger partial charge in [0.2, 0.25) is 0 Å². The Hall–Kier alpha value is -3.09. The van der Waals surface area contributed by atoms with Crippen LogP contribution >= 0.6 is 0 Å². The molecule has 0 aromatic heterocycles. The summed E-state index contributed by atoms with van der Waals surface area (Å²) in [4.78, 5) is 22.0. The van der Waals surface area contributed by atoms with Crippen LogP contribution in [0.2, 0.25) is 0 Å². The maximum absolute atomic E-state index is 11.6. The van der Waals surface area contributed by atoms with Gasteiger partial charge in [-0.3, -0.25) is 15.1 Å². The number of hydrazine groups is 1. The van der Waals surface area contributed by atoms with Crippen LogP contribution < -0.4 is 15.8 Å². The van der Waals surface area contributed by atoms with Crippen LogP contribution in [0, 0.1) is 10.1 Å². The predicted octanol–water partition coefficient (Wildman–Crippen LogP) is 2.33. The predicted molar refractivity (Wildman–Crippen MR) is 76.4 cm³/mol. The molecule has 1 heterocycles. The zero-order valence-corrected chi connectivity index (χ0v) is 10.9. The Balaban J connectivity index is 1.98. The van der Waals surface area contributed by atoms with Crippen LogP contribution in [0.3, 0.4) is 0 Å². The highest BCUT2D eigenvalue weighted by atomic mass is 16.6. The van der Waals surface area contributed by atoms with Gasteiger partial charge in [0.1, 0.15) is 6.17 Å². The van der Waals surface area contributed by atoms with Gasteiger partial charge < -0.3 is 5.32 Å². The molecule has 3 rings (SSSR count). The summed E-state index contributed by atoms with van der Waals surface area (Å²) in [6.45, 7) is 0. The lowest BCUT2D eigenvalue weighted by Gasteiger charge is -2.24. The molecule has 106 valence electrons. The van der Waals surface area contributed by atoms with Crippen molar-refractivity contribution in [2.75, 3.05) is 5.01 Å². The van der Waals surface area contributed by atoms with Crippen molar-refractivity contribution in [2.45, 2.75) is 6.17 Å². The molecular weight excluding hydrogens is 272 g/mol. The number of nitrogens with one attached hydrogen (secondary N) is 2. The molecule has 1 fully saturated rings. The van der Waals surface area contributed by atoms with Gasteiger partial charge in [0.15, 0.2) is 0 Å². The fourth-order valence-corrected chi connectivity index (χ4v) is 2.23. The third kappa shape index (κ3) is 2.48. The molecule has 0 bridgehead atoms. The second kappa shape index (κ2) is 5.12. The van der Waals surface area contributed by atoms with E-state index in [2.05, 4.69) is 10.7 Å². The quantitative estimate of drug-likeness (QED) is 0.669. The lowest BCUT2D eigenvalue weighted by atomic mass is 10.1. The Morgan fingerprint density at radius 3 is 2.57 bits per heavy atom. The number of hydrogen-bond donors (Lipinski definition) is 2. The van der Waals surface area contributed by atoms with Crippen molar-refractivity contribution in [2.24, 2.45) is 0 Å². The SMILES string of the molecule is O=C1N[C@@H](c2ccccc2)N(c2cccc([N+](=O)[O-])c2)N1. The average molecular weight is 284 g/mol. The van der Waals surface area contributed by atoms with Crippen molar-refractivity contribution in [1.82, 2.24) is 10.7 Å². The van der Waals surface area contributed by atoms with Crippen molar-refractivity contribution >= 4 is 17.4 Å². The fourth-order valence-electron chi connectivity index (χ4n) is 2.23. The molecule has 0 unspecified atom stereocenters. The van der Waals surface area contributed by atoms with Gasteiger partial charge in [-0.05, 0) is 11.6 Å². The zero-order valence-electron chi connectivity index (χ0n) is 10.9. The van der Waals surface area contributed by atoms with E-state index in [1.807, 2.05) is 30.3 Å². The van der Waals surface area contributed by atoms with Crippen LogP contribution in [0.4, 0.5) is 16.2 Å². The van der Waals surface area contributed by atoms with Gasteiger partial charge in [-0.15, -0.1) is 0 Å². The van der Waals surface area contributed by atoms with Crippen LogP contribution in [0.1, 0.15) is 11.7 Å². The van der Waals surface area contributed by atoms with Crippen molar-refractivity contribution in [3.05, 3.63) is 70.3 Å². The molecule has 0 radical (unpaired) electrons. The number of anilines is 1. The van der Waals surface area contributed by atoms with Gasteiger partial charge in [-0.25, -0.2) is 10.2 Å². The third-order valence-corrected chi connectivity index (χ3v) is 3.18. The number of amides is 2. The molecule has 2 aromatic carbocycles. The van der Waals surface area contributed by atoms with Gasteiger partial charge in [0, 0.05) is 12.1 Å². The topological polar surface area (TPSA) is 87.5 Å². The van der Waals surface area contributed by atoms with E-state index < -0.39 is 11.1 Å². The Morgan fingerprint density at radius 2 is 1.86 bits per heavy atom. The van der Waals surface area contributed by atoms with Gasteiger partial charge >= 0.3 is 6.03 Å². The summed E-state index contributed by atoms with van der Waals surface area (Å²) in [5.74, 6) is 0. The molecule has 0 aliphatic carbocycles. The summed E-state index contributed by atoms with van der Waals surface area (Å²) < 4.78 is 0. The molecule has 1 saturated heterocycles. The summed E-state index contributed by atoms with van der Waals surface area (Å²) in [6, 6.07) is 15.1. The third-order valence-electron chi connectivity index (χ3n) is 3.18. The van der Waals surface area contributed by atoms with Crippen LogP contribution in [-0.4, -0.2) is 11.0 Å². The Bertz CT molecular complexity index is 690. The largest absolute Gasteiger partial charge is 0.335 e. The Kier molecular flexibility index (Phi) is 3.15. The molecule has 1 atom stereocenters. The maximum atomic E-state index is 11.6. The Labute approximate surface area is 120 Å². The molecule has 2 N–H and O–H groups in total. The summed E-state index contributed by atoms with van der Waals surface area (Å²) in [5.41, 5.74) is 4.03. The molecule has 7 heteroatoms. The minimum absolute atomic E-state index is 0.0274. The van der Waals surface area contributed by atoms with Crippen LogP contribution in [0.25, 0.3) is 0 Å².